The van der Waals surface area contributed by atoms with Gasteiger partial charge in [0.25, 0.3) is 11.1 Å². The maximum atomic E-state index is 5.72. The zero-order chi connectivity index (χ0) is 18.4. The molecule has 0 aliphatic rings. The molecule has 3 aromatic rings. The van der Waals surface area contributed by atoms with E-state index in [0.29, 0.717) is 35.0 Å². The summed E-state index contributed by atoms with van der Waals surface area (Å²) in [5.41, 5.74) is 1.93. The van der Waals surface area contributed by atoms with Gasteiger partial charge in [-0.1, -0.05) is 29.5 Å². The smallest absolute Gasteiger partial charge is 0.276 e. The summed E-state index contributed by atoms with van der Waals surface area (Å²) in [4.78, 5) is 0. The van der Waals surface area contributed by atoms with Crippen molar-refractivity contribution in [2.75, 3.05) is 26.6 Å². The van der Waals surface area contributed by atoms with Gasteiger partial charge in [0.1, 0.15) is 17.2 Å². The van der Waals surface area contributed by atoms with E-state index in [4.69, 9.17) is 18.6 Å². The van der Waals surface area contributed by atoms with Gasteiger partial charge in [-0.2, -0.15) is 0 Å². The first-order valence-electron chi connectivity index (χ1n) is 8.08. The molecule has 0 amide bonds. The van der Waals surface area contributed by atoms with Gasteiger partial charge in [-0.25, -0.2) is 0 Å². The summed E-state index contributed by atoms with van der Waals surface area (Å²) in [5, 5.41) is 8.66. The predicted molar refractivity (Wildman–Crippen MR) is 100 cm³/mol. The summed E-state index contributed by atoms with van der Waals surface area (Å²) < 4.78 is 22.0. The molecular formula is C19H20N2O4S. The van der Waals surface area contributed by atoms with Crippen molar-refractivity contribution in [2.24, 2.45) is 0 Å². The molecule has 2 aromatic carbocycles. The average Bonchev–Trinajstić information content (AvgIpc) is 3.14. The Hall–Kier alpha value is -2.67. The fourth-order valence-electron chi connectivity index (χ4n) is 2.28. The molecule has 6 nitrogen and oxygen atoms in total. The standard InChI is InChI=1S/C19H20N2O4S/c1-13-4-6-14(7-5-13)24-10-11-26-19-21-20-18(25-19)16-9-8-15(22-2)12-17(16)23-3/h4-9,12H,10-11H2,1-3H3. The van der Waals surface area contributed by atoms with Gasteiger partial charge in [0, 0.05) is 11.8 Å². The number of rotatable bonds is 8. The van der Waals surface area contributed by atoms with Crippen LogP contribution in [0.25, 0.3) is 11.5 Å². The summed E-state index contributed by atoms with van der Waals surface area (Å²) in [6.45, 7) is 2.60. The minimum Gasteiger partial charge on any atom is -0.497 e. The van der Waals surface area contributed by atoms with Crippen LogP contribution in [-0.2, 0) is 0 Å². The number of methoxy groups -OCH3 is 2. The summed E-state index contributed by atoms with van der Waals surface area (Å²) in [6.07, 6.45) is 0. The van der Waals surface area contributed by atoms with Crippen LogP contribution in [0.15, 0.2) is 52.1 Å². The number of hydrogen-bond acceptors (Lipinski definition) is 7. The van der Waals surface area contributed by atoms with Gasteiger partial charge in [0.2, 0.25) is 0 Å². The molecule has 1 aromatic heterocycles. The Morgan fingerprint density at radius 1 is 0.962 bits per heavy atom. The molecule has 0 bridgehead atoms. The summed E-state index contributed by atoms with van der Waals surface area (Å²) in [6, 6.07) is 13.4. The SMILES string of the molecule is COc1ccc(-c2nnc(SCCOc3ccc(C)cc3)o2)c(OC)c1. The summed E-state index contributed by atoms with van der Waals surface area (Å²) in [7, 11) is 3.20. The molecule has 0 spiro atoms. The summed E-state index contributed by atoms with van der Waals surface area (Å²) in [5.74, 6) is 3.28. The number of aromatic nitrogens is 2. The molecule has 0 atom stereocenters. The van der Waals surface area contributed by atoms with E-state index < -0.39 is 0 Å². The molecule has 0 aliphatic carbocycles. The second kappa shape index (κ2) is 8.62. The number of ether oxygens (including phenoxy) is 3. The van der Waals surface area contributed by atoms with Crippen molar-refractivity contribution in [3.8, 4) is 28.7 Å². The minimum atomic E-state index is 0.409. The molecule has 26 heavy (non-hydrogen) atoms. The number of nitrogens with zero attached hydrogens (tertiary/aromatic N) is 2. The predicted octanol–water partition coefficient (Wildman–Crippen LogP) is 4.23. The Balaban J connectivity index is 1.57. The van der Waals surface area contributed by atoms with Gasteiger partial charge in [-0.05, 0) is 31.2 Å². The van der Waals surface area contributed by atoms with Crippen LogP contribution in [-0.4, -0.2) is 36.8 Å². The van der Waals surface area contributed by atoms with Gasteiger partial charge in [-0.15, -0.1) is 10.2 Å². The molecule has 0 radical (unpaired) electrons. The number of benzene rings is 2. The van der Waals surface area contributed by atoms with Crippen LogP contribution >= 0.6 is 11.8 Å². The number of thioether (sulfide) groups is 1. The normalized spacial score (nSPS) is 10.6. The van der Waals surface area contributed by atoms with Gasteiger partial charge < -0.3 is 18.6 Å². The Labute approximate surface area is 156 Å². The van der Waals surface area contributed by atoms with E-state index in [2.05, 4.69) is 10.2 Å². The first-order valence-corrected chi connectivity index (χ1v) is 9.06. The van der Waals surface area contributed by atoms with Crippen LogP contribution < -0.4 is 14.2 Å². The topological polar surface area (TPSA) is 66.6 Å². The Morgan fingerprint density at radius 3 is 2.46 bits per heavy atom. The van der Waals surface area contributed by atoms with E-state index in [9.17, 15) is 0 Å². The van der Waals surface area contributed by atoms with Crippen LogP contribution in [0.4, 0.5) is 0 Å². The van der Waals surface area contributed by atoms with Gasteiger partial charge >= 0.3 is 0 Å². The highest BCUT2D eigenvalue weighted by Crippen LogP contribution is 2.33. The van der Waals surface area contributed by atoms with Crippen LogP contribution in [0.5, 0.6) is 17.2 Å². The number of hydrogen-bond donors (Lipinski definition) is 0. The van der Waals surface area contributed by atoms with Crippen molar-refractivity contribution in [1.29, 1.82) is 0 Å². The third-order valence-electron chi connectivity index (χ3n) is 3.64. The van der Waals surface area contributed by atoms with E-state index in [-0.39, 0.29) is 0 Å². The van der Waals surface area contributed by atoms with Gasteiger partial charge in [0.15, 0.2) is 0 Å². The highest BCUT2D eigenvalue weighted by Gasteiger charge is 2.14. The molecule has 0 N–H and O–H groups in total. The highest BCUT2D eigenvalue weighted by molar-refractivity contribution is 7.99. The van der Waals surface area contributed by atoms with Crippen LogP contribution in [0.3, 0.4) is 0 Å². The largest absolute Gasteiger partial charge is 0.497 e. The van der Waals surface area contributed by atoms with Crippen molar-refractivity contribution in [3.63, 3.8) is 0 Å². The van der Waals surface area contributed by atoms with E-state index >= 15 is 0 Å². The van der Waals surface area contributed by atoms with Crippen molar-refractivity contribution in [2.45, 2.75) is 12.1 Å². The second-order valence-electron chi connectivity index (χ2n) is 5.45. The molecule has 0 saturated heterocycles. The molecule has 1 heterocycles. The second-order valence-corrected chi connectivity index (χ2v) is 6.50. The zero-order valence-electron chi connectivity index (χ0n) is 14.9. The maximum absolute atomic E-state index is 5.72. The van der Waals surface area contributed by atoms with E-state index in [1.807, 2.05) is 43.3 Å². The molecule has 0 saturated carbocycles. The molecular weight excluding hydrogens is 352 g/mol. The monoisotopic (exact) mass is 372 g/mol. The molecule has 7 heteroatoms. The van der Waals surface area contributed by atoms with Crippen LogP contribution in [0.2, 0.25) is 0 Å². The first kappa shape index (κ1) is 18.1. The fraction of sp³-hybridized carbons (Fsp3) is 0.263. The zero-order valence-corrected chi connectivity index (χ0v) is 15.7. The third-order valence-corrected chi connectivity index (χ3v) is 4.43. The van der Waals surface area contributed by atoms with Crippen molar-refractivity contribution in [3.05, 3.63) is 48.0 Å². The van der Waals surface area contributed by atoms with Gasteiger partial charge in [0.05, 0.1) is 26.4 Å². The van der Waals surface area contributed by atoms with E-state index in [1.165, 1.54) is 17.3 Å². The molecule has 136 valence electrons. The van der Waals surface area contributed by atoms with Crippen LogP contribution in [0.1, 0.15) is 5.56 Å². The Bertz CT molecular complexity index is 849. The lowest BCUT2D eigenvalue weighted by atomic mass is 10.2. The first-order chi connectivity index (χ1) is 12.7. The maximum Gasteiger partial charge on any atom is 0.276 e. The summed E-state index contributed by atoms with van der Waals surface area (Å²) >= 11 is 1.45. The molecule has 3 rings (SSSR count). The van der Waals surface area contributed by atoms with E-state index in [0.717, 1.165) is 11.3 Å². The van der Waals surface area contributed by atoms with Crippen molar-refractivity contribution in [1.82, 2.24) is 10.2 Å². The lowest BCUT2D eigenvalue weighted by Crippen LogP contribution is -1.99. The molecule has 0 aliphatic heterocycles. The average molecular weight is 372 g/mol. The van der Waals surface area contributed by atoms with E-state index in [1.54, 1.807) is 20.3 Å². The van der Waals surface area contributed by atoms with Gasteiger partial charge in [-0.3, -0.25) is 0 Å². The third kappa shape index (κ3) is 4.49. The lowest BCUT2D eigenvalue weighted by Gasteiger charge is -2.07. The molecule has 0 fully saturated rings. The van der Waals surface area contributed by atoms with Crippen LogP contribution in [0, 0.1) is 6.92 Å². The Kier molecular flexibility index (Phi) is 6.01. The highest BCUT2D eigenvalue weighted by atomic mass is 32.2. The number of aryl methyl sites for hydroxylation is 1. The van der Waals surface area contributed by atoms with Crippen molar-refractivity contribution >= 4 is 11.8 Å². The van der Waals surface area contributed by atoms with Crippen molar-refractivity contribution < 1.29 is 18.6 Å². The Morgan fingerprint density at radius 2 is 1.73 bits per heavy atom. The molecule has 0 unspecified atom stereocenters. The fourth-order valence-corrected chi connectivity index (χ4v) is 2.85. The lowest BCUT2D eigenvalue weighted by molar-refractivity contribution is 0.343. The quantitative estimate of drug-likeness (QED) is 0.433. The minimum absolute atomic E-state index is 0.409.